The van der Waals surface area contributed by atoms with Crippen LogP contribution in [0, 0.1) is 3.57 Å². The monoisotopic (exact) mass is 486 g/mol. The van der Waals surface area contributed by atoms with Crippen molar-refractivity contribution in [2.75, 3.05) is 6.61 Å². The molecule has 1 N–H and O–H groups in total. The smallest absolute Gasteiger partial charge is 0.277 e. The van der Waals surface area contributed by atoms with E-state index in [0.717, 1.165) is 20.4 Å². The van der Waals surface area contributed by atoms with Crippen molar-refractivity contribution in [3.63, 3.8) is 0 Å². The molecular weight excluding hydrogens is 467 g/mol. The van der Waals surface area contributed by atoms with E-state index < -0.39 is 0 Å². The van der Waals surface area contributed by atoms with Gasteiger partial charge in [0.15, 0.2) is 6.61 Å². The lowest BCUT2D eigenvalue weighted by Gasteiger charge is -2.07. The number of amides is 1. The van der Waals surface area contributed by atoms with Gasteiger partial charge in [0, 0.05) is 3.57 Å². The molecule has 142 valence electrons. The number of benzene rings is 3. The Bertz CT molecular complexity index is 928. The van der Waals surface area contributed by atoms with E-state index in [4.69, 9.17) is 9.47 Å². The number of carbonyl (C=O) groups excluding carboxylic acids is 1. The minimum Gasteiger partial charge on any atom is -0.489 e. The van der Waals surface area contributed by atoms with E-state index in [2.05, 4.69) is 33.1 Å². The van der Waals surface area contributed by atoms with Gasteiger partial charge in [-0.15, -0.1) is 0 Å². The van der Waals surface area contributed by atoms with Gasteiger partial charge < -0.3 is 9.47 Å². The Hall–Kier alpha value is -2.87. The molecule has 3 aromatic rings. The molecular formula is C22H19IN2O3. The largest absolute Gasteiger partial charge is 0.489 e. The van der Waals surface area contributed by atoms with E-state index in [9.17, 15) is 4.79 Å². The lowest BCUT2D eigenvalue weighted by molar-refractivity contribution is -0.123. The Labute approximate surface area is 177 Å². The zero-order valence-electron chi connectivity index (χ0n) is 15.0. The van der Waals surface area contributed by atoms with Gasteiger partial charge in [0.05, 0.1) is 6.21 Å². The molecule has 5 nitrogen and oxygen atoms in total. The normalized spacial score (nSPS) is 10.6. The number of carbonyl (C=O) groups is 1. The summed E-state index contributed by atoms with van der Waals surface area (Å²) in [6.45, 7) is 0.395. The highest BCUT2D eigenvalue weighted by atomic mass is 127. The molecule has 0 atom stereocenters. The van der Waals surface area contributed by atoms with Crippen LogP contribution in [0.3, 0.4) is 0 Å². The highest BCUT2D eigenvalue weighted by Crippen LogP contribution is 2.14. The molecule has 0 heterocycles. The summed E-state index contributed by atoms with van der Waals surface area (Å²) < 4.78 is 12.3. The summed E-state index contributed by atoms with van der Waals surface area (Å²) in [5.41, 5.74) is 4.38. The van der Waals surface area contributed by atoms with Gasteiger partial charge in [0.1, 0.15) is 18.1 Å². The van der Waals surface area contributed by atoms with Crippen molar-refractivity contribution in [3.05, 3.63) is 93.6 Å². The molecule has 28 heavy (non-hydrogen) atoms. The summed E-state index contributed by atoms with van der Waals surface area (Å²) >= 11 is 2.21. The van der Waals surface area contributed by atoms with Crippen LogP contribution >= 0.6 is 22.6 Å². The summed E-state index contributed by atoms with van der Waals surface area (Å²) in [6, 6.07) is 24.9. The first kappa shape index (κ1) is 19.9. The maximum Gasteiger partial charge on any atom is 0.277 e. The van der Waals surface area contributed by atoms with Crippen LogP contribution in [-0.4, -0.2) is 18.7 Å². The number of hydrogen-bond acceptors (Lipinski definition) is 4. The van der Waals surface area contributed by atoms with Gasteiger partial charge in [-0.2, -0.15) is 5.10 Å². The second-order valence-electron chi connectivity index (χ2n) is 5.88. The number of ether oxygens (including phenoxy) is 2. The van der Waals surface area contributed by atoms with Crippen LogP contribution in [0.4, 0.5) is 0 Å². The molecule has 0 spiro atoms. The second kappa shape index (κ2) is 10.5. The van der Waals surface area contributed by atoms with Crippen LogP contribution < -0.4 is 14.9 Å². The number of nitrogens with one attached hydrogen (secondary N) is 1. The van der Waals surface area contributed by atoms with Crippen molar-refractivity contribution in [1.82, 2.24) is 5.43 Å². The quantitative estimate of drug-likeness (QED) is 0.292. The maximum atomic E-state index is 11.8. The Morgan fingerprint density at radius 1 is 0.929 bits per heavy atom. The van der Waals surface area contributed by atoms with Gasteiger partial charge in [-0.05, 0) is 70.1 Å². The fraction of sp³-hybridized carbons (Fsp3) is 0.0909. The van der Waals surface area contributed by atoms with Gasteiger partial charge in [0.25, 0.3) is 5.91 Å². The van der Waals surface area contributed by atoms with Crippen LogP contribution in [-0.2, 0) is 11.4 Å². The Balaban J connectivity index is 1.45. The second-order valence-corrected chi connectivity index (χ2v) is 7.13. The molecule has 0 saturated heterocycles. The minimum absolute atomic E-state index is 0.0990. The first-order valence-corrected chi connectivity index (χ1v) is 9.74. The molecule has 3 aromatic carbocycles. The fourth-order valence-electron chi connectivity index (χ4n) is 2.32. The SMILES string of the molecule is O=C(COc1ccc(I)cc1)N/N=C\c1cccc(OCc2ccccc2)c1. The van der Waals surface area contributed by atoms with E-state index in [0.29, 0.717) is 12.4 Å². The molecule has 0 fully saturated rings. The molecule has 0 unspecified atom stereocenters. The van der Waals surface area contributed by atoms with Gasteiger partial charge in [-0.25, -0.2) is 5.43 Å². The van der Waals surface area contributed by atoms with Crippen molar-refractivity contribution >= 4 is 34.7 Å². The van der Waals surface area contributed by atoms with Crippen molar-refractivity contribution in [1.29, 1.82) is 0 Å². The molecule has 0 aliphatic rings. The first-order chi connectivity index (χ1) is 13.7. The predicted octanol–water partition coefficient (Wildman–Crippen LogP) is 4.40. The Kier molecular flexibility index (Phi) is 7.43. The third kappa shape index (κ3) is 6.70. The molecule has 6 heteroatoms. The predicted molar refractivity (Wildman–Crippen MR) is 118 cm³/mol. The zero-order valence-corrected chi connectivity index (χ0v) is 17.2. The van der Waals surface area contributed by atoms with Crippen LogP contribution in [0.5, 0.6) is 11.5 Å². The lowest BCUT2D eigenvalue weighted by atomic mass is 10.2. The number of nitrogens with zero attached hydrogens (tertiary/aromatic N) is 1. The topological polar surface area (TPSA) is 59.9 Å². The third-order valence-electron chi connectivity index (χ3n) is 3.69. The molecule has 0 saturated carbocycles. The van der Waals surface area contributed by atoms with Crippen LogP contribution in [0.25, 0.3) is 0 Å². The van der Waals surface area contributed by atoms with E-state index in [-0.39, 0.29) is 12.5 Å². The van der Waals surface area contributed by atoms with Gasteiger partial charge >= 0.3 is 0 Å². The minimum atomic E-state index is -0.328. The van der Waals surface area contributed by atoms with Crippen molar-refractivity contribution in [3.8, 4) is 11.5 Å². The fourth-order valence-corrected chi connectivity index (χ4v) is 2.68. The third-order valence-corrected chi connectivity index (χ3v) is 4.41. The number of hydrogen-bond donors (Lipinski definition) is 1. The summed E-state index contributed by atoms with van der Waals surface area (Å²) in [5, 5.41) is 3.97. The van der Waals surface area contributed by atoms with Gasteiger partial charge in [-0.3, -0.25) is 4.79 Å². The van der Waals surface area contributed by atoms with E-state index in [1.165, 1.54) is 0 Å². The summed E-state index contributed by atoms with van der Waals surface area (Å²) in [7, 11) is 0. The number of hydrazone groups is 1. The molecule has 0 radical (unpaired) electrons. The molecule has 1 amide bonds. The highest BCUT2D eigenvalue weighted by Gasteiger charge is 2.01. The Morgan fingerprint density at radius 2 is 1.71 bits per heavy atom. The zero-order chi connectivity index (χ0) is 19.6. The first-order valence-electron chi connectivity index (χ1n) is 8.66. The summed E-state index contributed by atoms with van der Waals surface area (Å²) in [6.07, 6.45) is 1.57. The van der Waals surface area contributed by atoms with E-state index in [1.54, 1.807) is 6.21 Å². The van der Waals surface area contributed by atoms with Crippen LogP contribution in [0.2, 0.25) is 0 Å². The number of rotatable bonds is 8. The molecule has 0 aliphatic carbocycles. The molecule has 0 bridgehead atoms. The van der Waals surface area contributed by atoms with Crippen LogP contribution in [0.15, 0.2) is 84.0 Å². The van der Waals surface area contributed by atoms with E-state index >= 15 is 0 Å². The molecule has 3 rings (SSSR count). The van der Waals surface area contributed by atoms with Gasteiger partial charge in [0.2, 0.25) is 0 Å². The Morgan fingerprint density at radius 3 is 2.50 bits per heavy atom. The van der Waals surface area contributed by atoms with Crippen molar-refractivity contribution in [2.45, 2.75) is 6.61 Å². The average Bonchev–Trinajstić information content (AvgIpc) is 2.73. The maximum absolute atomic E-state index is 11.8. The van der Waals surface area contributed by atoms with Crippen molar-refractivity contribution in [2.24, 2.45) is 5.10 Å². The average molecular weight is 486 g/mol. The van der Waals surface area contributed by atoms with E-state index in [1.807, 2.05) is 78.9 Å². The molecule has 0 aromatic heterocycles. The van der Waals surface area contributed by atoms with Gasteiger partial charge in [-0.1, -0.05) is 42.5 Å². The van der Waals surface area contributed by atoms with Crippen molar-refractivity contribution < 1.29 is 14.3 Å². The summed E-state index contributed by atoms with van der Waals surface area (Å²) in [5.74, 6) is 1.05. The standard InChI is InChI=1S/C22H19IN2O3/c23-19-9-11-20(12-10-19)28-16-22(26)25-24-14-18-7-4-8-21(13-18)27-15-17-5-2-1-3-6-17/h1-14H,15-16H2,(H,25,26)/b24-14-. The lowest BCUT2D eigenvalue weighted by Crippen LogP contribution is -2.24. The molecule has 0 aliphatic heterocycles. The van der Waals surface area contributed by atoms with Crippen LogP contribution in [0.1, 0.15) is 11.1 Å². The summed E-state index contributed by atoms with van der Waals surface area (Å²) in [4.78, 5) is 11.8. The number of halogens is 1. The highest BCUT2D eigenvalue weighted by molar-refractivity contribution is 14.1.